The van der Waals surface area contributed by atoms with Crippen LogP contribution < -0.4 is 5.32 Å². The maximum absolute atomic E-state index is 11.0. The van der Waals surface area contributed by atoms with E-state index >= 15 is 0 Å². The Morgan fingerprint density at radius 1 is 1.29 bits per heavy atom. The van der Waals surface area contributed by atoms with Crippen LogP contribution in [0.15, 0.2) is 0 Å². The number of nitrogens with zero attached hydrogens (tertiary/aromatic N) is 2. The average Bonchev–Trinajstić information content (AvgIpc) is 2.53. The molecule has 0 aromatic carbocycles. The number of ether oxygens (including phenoxy) is 1. The van der Waals surface area contributed by atoms with E-state index < -0.39 is 0 Å². The van der Waals surface area contributed by atoms with Gasteiger partial charge in [-0.1, -0.05) is 20.3 Å². The molecule has 1 fully saturated rings. The van der Waals surface area contributed by atoms with E-state index in [0.29, 0.717) is 12.6 Å². The molecule has 1 heterocycles. The predicted octanol–water partition coefficient (Wildman–Crippen LogP) is 2.32. The quantitative estimate of drug-likeness (QED) is 0.664. The summed E-state index contributed by atoms with van der Waals surface area (Å²) in [5.41, 5.74) is 0. The van der Waals surface area contributed by atoms with E-state index in [1.54, 1.807) is 0 Å². The van der Waals surface area contributed by atoms with Crippen LogP contribution in [0.5, 0.6) is 0 Å². The highest BCUT2D eigenvalue weighted by Crippen LogP contribution is 2.18. The molecule has 1 amide bonds. The van der Waals surface area contributed by atoms with E-state index in [1.165, 1.54) is 39.5 Å². The highest BCUT2D eigenvalue weighted by atomic mass is 16.5. The fourth-order valence-corrected chi connectivity index (χ4v) is 3.04. The smallest absolute Gasteiger partial charge is 0.406 e. The Kier molecular flexibility index (Phi) is 9.42. The van der Waals surface area contributed by atoms with Crippen molar-refractivity contribution < 1.29 is 9.53 Å². The van der Waals surface area contributed by atoms with Gasteiger partial charge in [-0.3, -0.25) is 4.90 Å². The van der Waals surface area contributed by atoms with Crippen LogP contribution in [0.1, 0.15) is 46.0 Å². The maximum atomic E-state index is 11.0. The third-order valence-electron chi connectivity index (χ3n) is 4.44. The lowest BCUT2D eigenvalue weighted by atomic mass is 10.0. The molecular formula is C16H33N3O2. The highest BCUT2D eigenvalue weighted by Gasteiger charge is 2.23. The number of likely N-dealkylation sites (N-methyl/N-ethyl adjacent to an activating group) is 1. The summed E-state index contributed by atoms with van der Waals surface area (Å²) in [6, 6.07) is 0.715. The molecule has 124 valence electrons. The van der Waals surface area contributed by atoms with Crippen LogP contribution in [0.4, 0.5) is 4.79 Å². The second-order valence-electron chi connectivity index (χ2n) is 5.80. The van der Waals surface area contributed by atoms with Gasteiger partial charge in [-0.25, -0.2) is 4.79 Å². The van der Waals surface area contributed by atoms with Gasteiger partial charge in [0.25, 0.3) is 0 Å². The van der Waals surface area contributed by atoms with Gasteiger partial charge < -0.3 is 15.0 Å². The lowest BCUT2D eigenvalue weighted by molar-refractivity contribution is 0.106. The first-order valence-electron chi connectivity index (χ1n) is 8.49. The molecule has 0 aromatic heterocycles. The molecule has 5 nitrogen and oxygen atoms in total. The number of unbranched alkanes of at least 4 members (excludes halogenated alkanes) is 1. The van der Waals surface area contributed by atoms with Gasteiger partial charge >= 0.3 is 6.09 Å². The van der Waals surface area contributed by atoms with Crippen molar-refractivity contribution in [2.45, 2.75) is 52.0 Å². The van der Waals surface area contributed by atoms with Crippen LogP contribution in [0.25, 0.3) is 0 Å². The van der Waals surface area contributed by atoms with E-state index in [0.717, 1.165) is 32.5 Å². The molecule has 0 aromatic rings. The number of piperidine rings is 1. The van der Waals surface area contributed by atoms with Crippen LogP contribution in [-0.4, -0.2) is 68.3 Å². The van der Waals surface area contributed by atoms with E-state index in [4.69, 9.17) is 0 Å². The minimum atomic E-state index is -0.326. The largest absolute Gasteiger partial charge is 0.453 e. The summed E-state index contributed by atoms with van der Waals surface area (Å²) in [7, 11) is 1.40. The zero-order chi connectivity index (χ0) is 15.5. The molecule has 1 saturated heterocycles. The Hall–Kier alpha value is -0.810. The zero-order valence-electron chi connectivity index (χ0n) is 14.1. The first-order valence-corrected chi connectivity index (χ1v) is 8.49. The van der Waals surface area contributed by atoms with Gasteiger partial charge in [0, 0.05) is 19.1 Å². The zero-order valence-corrected chi connectivity index (χ0v) is 14.1. The van der Waals surface area contributed by atoms with Gasteiger partial charge in [-0.2, -0.15) is 0 Å². The number of hydrogen-bond donors (Lipinski definition) is 1. The number of hydrogen-bond acceptors (Lipinski definition) is 4. The van der Waals surface area contributed by atoms with Gasteiger partial charge in [0.05, 0.1) is 7.11 Å². The van der Waals surface area contributed by atoms with E-state index in [9.17, 15) is 4.79 Å². The molecule has 5 heteroatoms. The summed E-state index contributed by atoms with van der Waals surface area (Å²) in [4.78, 5) is 16.1. The summed E-state index contributed by atoms with van der Waals surface area (Å²) in [5, 5.41) is 2.74. The lowest BCUT2D eigenvalue weighted by Crippen LogP contribution is -2.47. The van der Waals surface area contributed by atoms with E-state index in [1.807, 2.05) is 0 Å². The predicted molar refractivity (Wildman–Crippen MR) is 86.6 cm³/mol. The monoisotopic (exact) mass is 299 g/mol. The molecule has 0 bridgehead atoms. The van der Waals surface area contributed by atoms with Crippen molar-refractivity contribution >= 4 is 6.09 Å². The summed E-state index contributed by atoms with van der Waals surface area (Å²) in [6.07, 6.45) is 5.85. The van der Waals surface area contributed by atoms with Crippen molar-refractivity contribution in [2.24, 2.45) is 0 Å². The van der Waals surface area contributed by atoms with Crippen LogP contribution in [0.3, 0.4) is 0 Å². The molecular weight excluding hydrogens is 266 g/mol. The van der Waals surface area contributed by atoms with Crippen LogP contribution in [-0.2, 0) is 4.74 Å². The SMILES string of the molecule is CCN(CC)CC1CCCCN1CCCCNC(=O)OC. The van der Waals surface area contributed by atoms with Gasteiger partial charge in [0.2, 0.25) is 0 Å². The minimum absolute atomic E-state index is 0.326. The van der Waals surface area contributed by atoms with Gasteiger partial charge in [0.15, 0.2) is 0 Å². The van der Waals surface area contributed by atoms with E-state index in [-0.39, 0.29) is 6.09 Å². The topological polar surface area (TPSA) is 44.8 Å². The molecule has 1 N–H and O–H groups in total. The van der Waals surface area contributed by atoms with Crippen molar-refractivity contribution in [3.63, 3.8) is 0 Å². The first kappa shape index (κ1) is 18.2. The van der Waals surface area contributed by atoms with Gasteiger partial charge in [-0.05, 0) is 51.9 Å². The number of alkyl carbamates (subject to hydrolysis) is 1. The number of likely N-dealkylation sites (tertiary alicyclic amines) is 1. The second-order valence-corrected chi connectivity index (χ2v) is 5.80. The number of nitrogens with one attached hydrogen (secondary N) is 1. The second kappa shape index (κ2) is 10.9. The molecule has 21 heavy (non-hydrogen) atoms. The highest BCUT2D eigenvalue weighted by molar-refractivity contribution is 5.66. The Morgan fingerprint density at radius 3 is 2.71 bits per heavy atom. The van der Waals surface area contributed by atoms with Crippen molar-refractivity contribution in [1.82, 2.24) is 15.1 Å². The maximum Gasteiger partial charge on any atom is 0.406 e. The molecule has 1 atom stereocenters. The van der Waals surface area contributed by atoms with Crippen molar-refractivity contribution in [2.75, 3.05) is 46.4 Å². The first-order chi connectivity index (χ1) is 10.2. The molecule has 0 spiro atoms. The molecule has 1 unspecified atom stereocenters. The number of carbonyl (C=O) groups excluding carboxylic acids is 1. The fraction of sp³-hybridized carbons (Fsp3) is 0.938. The number of methoxy groups -OCH3 is 1. The van der Waals surface area contributed by atoms with Gasteiger partial charge in [-0.15, -0.1) is 0 Å². The summed E-state index contributed by atoms with van der Waals surface area (Å²) >= 11 is 0. The third kappa shape index (κ3) is 7.14. The Bertz CT molecular complexity index is 283. The molecule has 1 aliphatic rings. The van der Waals surface area contributed by atoms with Crippen LogP contribution in [0.2, 0.25) is 0 Å². The summed E-state index contributed by atoms with van der Waals surface area (Å²) in [6.45, 7) is 11.1. The van der Waals surface area contributed by atoms with Crippen LogP contribution in [0, 0.1) is 0 Å². The summed E-state index contributed by atoms with van der Waals surface area (Å²) in [5.74, 6) is 0. The van der Waals surface area contributed by atoms with E-state index in [2.05, 4.69) is 33.7 Å². The number of rotatable bonds is 9. The van der Waals surface area contributed by atoms with Crippen molar-refractivity contribution in [1.29, 1.82) is 0 Å². The minimum Gasteiger partial charge on any atom is -0.453 e. The van der Waals surface area contributed by atoms with Crippen molar-refractivity contribution in [3.8, 4) is 0 Å². The molecule has 0 saturated carbocycles. The molecule has 0 aliphatic carbocycles. The Morgan fingerprint density at radius 2 is 2.05 bits per heavy atom. The number of amides is 1. The normalized spacial score (nSPS) is 19.7. The summed E-state index contributed by atoms with van der Waals surface area (Å²) < 4.78 is 4.57. The standard InChI is InChI=1S/C16H33N3O2/c1-4-18(5-2)14-15-10-6-8-12-19(15)13-9-7-11-17-16(20)21-3/h15H,4-14H2,1-3H3,(H,17,20). The van der Waals surface area contributed by atoms with Crippen molar-refractivity contribution in [3.05, 3.63) is 0 Å². The Balaban J connectivity index is 2.24. The fourth-order valence-electron chi connectivity index (χ4n) is 3.04. The molecule has 0 radical (unpaired) electrons. The molecule has 1 rings (SSSR count). The molecule has 1 aliphatic heterocycles. The third-order valence-corrected chi connectivity index (χ3v) is 4.44. The average molecular weight is 299 g/mol. The Labute approximate surface area is 130 Å². The number of carbonyl (C=O) groups is 1. The lowest BCUT2D eigenvalue weighted by Gasteiger charge is -2.38. The van der Waals surface area contributed by atoms with Crippen LogP contribution >= 0.6 is 0 Å². The van der Waals surface area contributed by atoms with Gasteiger partial charge in [0.1, 0.15) is 0 Å².